The third-order valence-corrected chi connectivity index (χ3v) is 4.77. The van der Waals surface area contributed by atoms with Gasteiger partial charge in [0, 0.05) is 25.2 Å². The standard InChI is InChI=1S/C20H19FN4O/c21-16-7-8-19-18(14-16)22-23-25(19)17-10-12-24(13-11-17)20(26)9-6-15-4-2-1-3-5-15/h1-9,14,17H,10-13H2. The van der Waals surface area contributed by atoms with Crippen LogP contribution in [0.4, 0.5) is 4.39 Å². The number of hydrogen-bond acceptors (Lipinski definition) is 3. The number of hydrogen-bond donors (Lipinski definition) is 0. The van der Waals surface area contributed by atoms with Crippen molar-refractivity contribution in [2.24, 2.45) is 0 Å². The minimum absolute atomic E-state index is 0.0258. The monoisotopic (exact) mass is 350 g/mol. The summed E-state index contributed by atoms with van der Waals surface area (Å²) in [5, 5.41) is 8.24. The fraction of sp³-hybridized carbons (Fsp3) is 0.250. The summed E-state index contributed by atoms with van der Waals surface area (Å²) in [5.41, 5.74) is 2.41. The number of halogens is 1. The highest BCUT2D eigenvalue weighted by molar-refractivity contribution is 5.91. The van der Waals surface area contributed by atoms with Crippen molar-refractivity contribution in [2.75, 3.05) is 13.1 Å². The maximum Gasteiger partial charge on any atom is 0.246 e. The van der Waals surface area contributed by atoms with Crippen LogP contribution in [0.25, 0.3) is 17.1 Å². The van der Waals surface area contributed by atoms with E-state index in [9.17, 15) is 9.18 Å². The van der Waals surface area contributed by atoms with E-state index in [4.69, 9.17) is 0 Å². The van der Waals surface area contributed by atoms with Gasteiger partial charge in [-0.2, -0.15) is 0 Å². The van der Waals surface area contributed by atoms with E-state index in [1.165, 1.54) is 12.1 Å². The SMILES string of the molecule is O=C(C=Cc1ccccc1)N1CCC(n2nnc3cc(F)ccc32)CC1. The van der Waals surface area contributed by atoms with E-state index in [0.717, 1.165) is 23.9 Å². The summed E-state index contributed by atoms with van der Waals surface area (Å²) in [7, 11) is 0. The van der Waals surface area contributed by atoms with Crippen LogP contribution in [-0.4, -0.2) is 38.9 Å². The number of carbonyl (C=O) groups is 1. The van der Waals surface area contributed by atoms with E-state index in [-0.39, 0.29) is 17.8 Å². The first kappa shape index (κ1) is 16.4. The summed E-state index contributed by atoms with van der Waals surface area (Å²) < 4.78 is 15.2. The zero-order valence-corrected chi connectivity index (χ0v) is 14.3. The molecular formula is C20H19FN4O. The lowest BCUT2D eigenvalue weighted by molar-refractivity contribution is -0.127. The average Bonchev–Trinajstić information content (AvgIpc) is 3.10. The molecular weight excluding hydrogens is 331 g/mol. The molecule has 26 heavy (non-hydrogen) atoms. The molecule has 1 saturated heterocycles. The van der Waals surface area contributed by atoms with Gasteiger partial charge in [0.25, 0.3) is 0 Å². The molecule has 0 atom stereocenters. The Labute approximate surface area is 150 Å². The number of amides is 1. The summed E-state index contributed by atoms with van der Waals surface area (Å²) in [6.45, 7) is 1.34. The quantitative estimate of drug-likeness (QED) is 0.680. The predicted molar refractivity (Wildman–Crippen MR) is 97.8 cm³/mol. The van der Waals surface area contributed by atoms with Gasteiger partial charge in [-0.1, -0.05) is 35.5 Å². The van der Waals surface area contributed by atoms with Crippen LogP contribution in [0.1, 0.15) is 24.4 Å². The van der Waals surface area contributed by atoms with Gasteiger partial charge in [-0.05, 0) is 36.6 Å². The molecule has 0 spiro atoms. The van der Waals surface area contributed by atoms with Crippen LogP contribution in [0.3, 0.4) is 0 Å². The van der Waals surface area contributed by atoms with Crippen LogP contribution in [0.15, 0.2) is 54.6 Å². The van der Waals surface area contributed by atoms with Crippen molar-refractivity contribution >= 4 is 23.0 Å². The number of piperidine rings is 1. The normalized spacial score (nSPS) is 15.8. The molecule has 2 aromatic carbocycles. The zero-order chi connectivity index (χ0) is 17.9. The second kappa shape index (κ2) is 7.07. The highest BCUT2D eigenvalue weighted by Gasteiger charge is 2.24. The van der Waals surface area contributed by atoms with Gasteiger partial charge in [0.2, 0.25) is 5.91 Å². The van der Waals surface area contributed by atoms with Gasteiger partial charge >= 0.3 is 0 Å². The number of carbonyl (C=O) groups excluding carboxylic acids is 1. The van der Waals surface area contributed by atoms with Gasteiger partial charge in [0.05, 0.1) is 11.6 Å². The summed E-state index contributed by atoms with van der Waals surface area (Å²) in [6, 6.07) is 14.5. The second-order valence-corrected chi connectivity index (χ2v) is 6.47. The van der Waals surface area contributed by atoms with E-state index >= 15 is 0 Å². The van der Waals surface area contributed by atoms with Gasteiger partial charge in [-0.3, -0.25) is 4.79 Å². The van der Waals surface area contributed by atoms with Crippen molar-refractivity contribution in [3.63, 3.8) is 0 Å². The van der Waals surface area contributed by atoms with Crippen LogP contribution in [0, 0.1) is 5.82 Å². The Morgan fingerprint density at radius 1 is 1.12 bits per heavy atom. The first-order valence-corrected chi connectivity index (χ1v) is 8.73. The van der Waals surface area contributed by atoms with Crippen molar-refractivity contribution in [1.82, 2.24) is 19.9 Å². The zero-order valence-electron chi connectivity index (χ0n) is 14.3. The fourth-order valence-electron chi connectivity index (χ4n) is 3.35. The Balaban J connectivity index is 1.40. The van der Waals surface area contributed by atoms with Crippen molar-refractivity contribution in [3.05, 3.63) is 66.0 Å². The third-order valence-electron chi connectivity index (χ3n) is 4.77. The number of benzene rings is 2. The molecule has 1 aliphatic heterocycles. The lowest BCUT2D eigenvalue weighted by Crippen LogP contribution is -2.38. The molecule has 0 aliphatic carbocycles. The van der Waals surface area contributed by atoms with Crippen LogP contribution < -0.4 is 0 Å². The van der Waals surface area contributed by atoms with Crippen LogP contribution >= 0.6 is 0 Å². The van der Waals surface area contributed by atoms with Crippen molar-refractivity contribution < 1.29 is 9.18 Å². The first-order valence-electron chi connectivity index (χ1n) is 8.73. The Hall–Kier alpha value is -3.02. The number of likely N-dealkylation sites (tertiary alicyclic amines) is 1. The van der Waals surface area contributed by atoms with Crippen LogP contribution in [0.2, 0.25) is 0 Å². The fourth-order valence-corrected chi connectivity index (χ4v) is 3.35. The molecule has 0 radical (unpaired) electrons. The van der Waals surface area contributed by atoms with Crippen LogP contribution in [0.5, 0.6) is 0 Å². The lowest BCUT2D eigenvalue weighted by atomic mass is 10.0. The molecule has 0 N–H and O–H groups in total. The molecule has 1 amide bonds. The van der Waals surface area contributed by atoms with Gasteiger partial charge in [0.15, 0.2) is 0 Å². The average molecular weight is 350 g/mol. The Bertz CT molecular complexity index is 943. The molecule has 6 heteroatoms. The summed E-state index contributed by atoms with van der Waals surface area (Å²) in [6.07, 6.45) is 5.08. The molecule has 3 aromatic rings. The number of rotatable bonds is 3. The molecule has 5 nitrogen and oxygen atoms in total. The predicted octanol–water partition coefficient (Wildman–Crippen LogP) is 3.45. The molecule has 0 saturated carbocycles. The van der Waals surface area contributed by atoms with E-state index in [1.807, 2.05) is 46.0 Å². The summed E-state index contributed by atoms with van der Waals surface area (Å²) in [4.78, 5) is 14.2. The number of nitrogens with zero attached hydrogens (tertiary/aromatic N) is 4. The van der Waals surface area contributed by atoms with Crippen molar-refractivity contribution in [2.45, 2.75) is 18.9 Å². The Kier molecular flexibility index (Phi) is 4.48. The molecule has 2 heterocycles. The largest absolute Gasteiger partial charge is 0.339 e. The molecule has 1 aromatic heterocycles. The Morgan fingerprint density at radius 3 is 2.65 bits per heavy atom. The Morgan fingerprint density at radius 2 is 1.88 bits per heavy atom. The van der Waals surface area contributed by atoms with Crippen molar-refractivity contribution in [3.8, 4) is 0 Å². The smallest absolute Gasteiger partial charge is 0.246 e. The minimum atomic E-state index is -0.310. The number of aromatic nitrogens is 3. The molecule has 1 aliphatic rings. The highest BCUT2D eigenvalue weighted by atomic mass is 19.1. The first-order chi connectivity index (χ1) is 12.7. The molecule has 0 bridgehead atoms. The van der Waals surface area contributed by atoms with E-state index < -0.39 is 0 Å². The van der Waals surface area contributed by atoms with E-state index in [0.29, 0.717) is 18.6 Å². The third kappa shape index (κ3) is 3.35. The van der Waals surface area contributed by atoms with E-state index in [1.54, 1.807) is 12.1 Å². The van der Waals surface area contributed by atoms with Crippen LogP contribution in [-0.2, 0) is 4.79 Å². The van der Waals surface area contributed by atoms with Gasteiger partial charge in [0.1, 0.15) is 11.3 Å². The molecule has 4 rings (SSSR count). The van der Waals surface area contributed by atoms with Gasteiger partial charge in [-0.15, -0.1) is 5.10 Å². The minimum Gasteiger partial charge on any atom is -0.339 e. The van der Waals surface area contributed by atoms with Gasteiger partial charge in [-0.25, -0.2) is 9.07 Å². The number of fused-ring (bicyclic) bond motifs is 1. The topological polar surface area (TPSA) is 51.0 Å². The second-order valence-electron chi connectivity index (χ2n) is 6.47. The summed E-state index contributed by atoms with van der Waals surface area (Å²) >= 11 is 0. The highest BCUT2D eigenvalue weighted by Crippen LogP contribution is 2.25. The van der Waals surface area contributed by atoms with Crippen molar-refractivity contribution in [1.29, 1.82) is 0 Å². The maximum absolute atomic E-state index is 13.3. The van der Waals surface area contributed by atoms with E-state index in [2.05, 4.69) is 10.3 Å². The molecule has 0 unspecified atom stereocenters. The maximum atomic E-state index is 13.3. The molecule has 132 valence electrons. The molecule has 1 fully saturated rings. The summed E-state index contributed by atoms with van der Waals surface area (Å²) in [5.74, 6) is -0.284. The van der Waals surface area contributed by atoms with Gasteiger partial charge < -0.3 is 4.90 Å². The lowest BCUT2D eigenvalue weighted by Gasteiger charge is -2.31.